The van der Waals surface area contributed by atoms with Crippen LogP contribution in [0.3, 0.4) is 0 Å². The summed E-state index contributed by atoms with van der Waals surface area (Å²) in [5.41, 5.74) is 2.50. The lowest BCUT2D eigenvalue weighted by molar-refractivity contribution is 0.0776. The second kappa shape index (κ2) is 5.87. The molecule has 16 heavy (non-hydrogen) atoms. The molecule has 1 heterocycles. The highest BCUT2D eigenvalue weighted by Gasteiger charge is 2.12. The Morgan fingerprint density at radius 3 is 2.50 bits per heavy atom. The van der Waals surface area contributed by atoms with Crippen LogP contribution < -0.4 is 10.6 Å². The van der Waals surface area contributed by atoms with Gasteiger partial charge in [0.1, 0.15) is 0 Å². The van der Waals surface area contributed by atoms with Crippen LogP contribution in [-0.2, 0) is 11.3 Å². The van der Waals surface area contributed by atoms with Gasteiger partial charge in [-0.3, -0.25) is 0 Å². The molecule has 0 unspecified atom stereocenters. The van der Waals surface area contributed by atoms with Crippen LogP contribution in [0.15, 0.2) is 24.3 Å². The van der Waals surface area contributed by atoms with Crippen molar-refractivity contribution in [3.63, 3.8) is 0 Å². The predicted octanol–water partition coefficient (Wildman–Crippen LogP) is 2.00. The number of benzene rings is 1. The van der Waals surface area contributed by atoms with Crippen LogP contribution in [0.5, 0.6) is 0 Å². The molecule has 2 N–H and O–H groups in total. The van der Waals surface area contributed by atoms with E-state index in [1.165, 1.54) is 5.56 Å². The van der Waals surface area contributed by atoms with Crippen molar-refractivity contribution in [1.29, 1.82) is 0 Å². The van der Waals surface area contributed by atoms with Gasteiger partial charge in [-0.2, -0.15) is 0 Å². The quantitative estimate of drug-likeness (QED) is 0.814. The van der Waals surface area contributed by atoms with Gasteiger partial charge in [-0.05, 0) is 30.5 Å². The maximum atomic E-state index is 5.33. The second-order valence-electron chi connectivity index (χ2n) is 4.21. The lowest BCUT2D eigenvalue weighted by atomic mass is 10.1. The Bertz CT molecular complexity index is 304. The predicted molar refractivity (Wildman–Crippen MR) is 66.7 cm³/mol. The van der Waals surface area contributed by atoms with E-state index in [2.05, 4.69) is 34.9 Å². The fourth-order valence-electron chi connectivity index (χ4n) is 1.95. The molecule has 2 rings (SSSR count). The van der Waals surface area contributed by atoms with Crippen LogP contribution in [0.2, 0.25) is 0 Å². The van der Waals surface area contributed by atoms with Gasteiger partial charge in [0, 0.05) is 38.5 Å². The minimum absolute atomic E-state index is 0.623. The Labute approximate surface area is 97.2 Å². The first-order chi connectivity index (χ1) is 7.88. The summed E-state index contributed by atoms with van der Waals surface area (Å²) in [6, 6.07) is 9.18. The van der Waals surface area contributed by atoms with Gasteiger partial charge in [0.05, 0.1) is 0 Å². The van der Waals surface area contributed by atoms with E-state index in [9.17, 15) is 0 Å². The molecule has 0 spiro atoms. The van der Waals surface area contributed by atoms with Crippen molar-refractivity contribution in [2.75, 3.05) is 25.6 Å². The summed E-state index contributed by atoms with van der Waals surface area (Å²) in [6.45, 7) is 2.75. The average Bonchev–Trinajstić information content (AvgIpc) is 2.38. The molecule has 1 saturated heterocycles. The largest absolute Gasteiger partial charge is 0.388 e. The van der Waals surface area contributed by atoms with Crippen molar-refractivity contribution in [2.45, 2.75) is 25.4 Å². The first-order valence-electron chi connectivity index (χ1n) is 5.96. The lowest BCUT2D eigenvalue weighted by Crippen LogP contribution is -2.34. The molecule has 1 aromatic carbocycles. The van der Waals surface area contributed by atoms with Crippen molar-refractivity contribution in [2.24, 2.45) is 0 Å². The molecule has 1 fully saturated rings. The monoisotopic (exact) mass is 220 g/mol. The van der Waals surface area contributed by atoms with E-state index in [0.29, 0.717) is 6.04 Å². The van der Waals surface area contributed by atoms with Crippen LogP contribution in [0, 0.1) is 0 Å². The zero-order chi connectivity index (χ0) is 11.2. The molecule has 0 bridgehead atoms. The highest BCUT2D eigenvalue weighted by Crippen LogP contribution is 2.10. The molecule has 0 radical (unpaired) electrons. The Balaban J connectivity index is 1.79. The van der Waals surface area contributed by atoms with Crippen LogP contribution in [0.25, 0.3) is 0 Å². The van der Waals surface area contributed by atoms with Gasteiger partial charge in [0.2, 0.25) is 0 Å². The number of nitrogens with one attached hydrogen (secondary N) is 2. The van der Waals surface area contributed by atoms with Crippen molar-refractivity contribution < 1.29 is 4.74 Å². The molecule has 0 atom stereocenters. The van der Waals surface area contributed by atoms with Crippen molar-refractivity contribution in [3.8, 4) is 0 Å². The van der Waals surface area contributed by atoms with Crippen LogP contribution in [-0.4, -0.2) is 26.3 Å². The van der Waals surface area contributed by atoms with E-state index < -0.39 is 0 Å². The Kier molecular flexibility index (Phi) is 4.19. The van der Waals surface area contributed by atoms with E-state index in [-0.39, 0.29) is 0 Å². The highest BCUT2D eigenvalue weighted by atomic mass is 16.5. The van der Waals surface area contributed by atoms with Gasteiger partial charge in [0.25, 0.3) is 0 Å². The molecule has 1 aliphatic heterocycles. The molecule has 1 aliphatic rings. The summed E-state index contributed by atoms with van der Waals surface area (Å²) >= 11 is 0. The van der Waals surface area contributed by atoms with Gasteiger partial charge < -0.3 is 15.4 Å². The standard InChI is InChI=1S/C13H20N2O/c1-14-12-4-2-11(3-5-12)10-15-13-6-8-16-9-7-13/h2-5,13-15H,6-10H2,1H3. The summed E-state index contributed by atoms with van der Waals surface area (Å²) in [5.74, 6) is 0. The summed E-state index contributed by atoms with van der Waals surface area (Å²) < 4.78 is 5.33. The molecule has 0 aliphatic carbocycles. The van der Waals surface area contributed by atoms with Crippen molar-refractivity contribution >= 4 is 5.69 Å². The highest BCUT2D eigenvalue weighted by molar-refractivity contribution is 5.43. The van der Waals surface area contributed by atoms with E-state index in [4.69, 9.17) is 4.74 Å². The summed E-state index contributed by atoms with van der Waals surface area (Å²) in [7, 11) is 1.94. The first kappa shape index (κ1) is 11.4. The topological polar surface area (TPSA) is 33.3 Å². The molecule has 0 amide bonds. The van der Waals surface area contributed by atoms with E-state index in [1.807, 2.05) is 7.05 Å². The smallest absolute Gasteiger partial charge is 0.0480 e. The van der Waals surface area contributed by atoms with E-state index in [1.54, 1.807) is 0 Å². The summed E-state index contributed by atoms with van der Waals surface area (Å²) in [5, 5.41) is 6.70. The number of ether oxygens (including phenoxy) is 1. The third-order valence-corrected chi connectivity index (χ3v) is 3.06. The van der Waals surface area contributed by atoms with E-state index in [0.717, 1.165) is 38.3 Å². The molecular formula is C13H20N2O. The first-order valence-corrected chi connectivity index (χ1v) is 5.96. The summed E-state index contributed by atoms with van der Waals surface area (Å²) in [6.07, 6.45) is 2.27. The van der Waals surface area contributed by atoms with Gasteiger partial charge in [-0.25, -0.2) is 0 Å². The SMILES string of the molecule is CNc1ccc(CNC2CCOCC2)cc1. The third kappa shape index (κ3) is 3.22. The number of anilines is 1. The number of hydrogen-bond acceptors (Lipinski definition) is 3. The number of rotatable bonds is 4. The van der Waals surface area contributed by atoms with Gasteiger partial charge in [-0.1, -0.05) is 12.1 Å². The lowest BCUT2D eigenvalue weighted by Gasteiger charge is -2.23. The zero-order valence-electron chi connectivity index (χ0n) is 9.83. The number of hydrogen-bond donors (Lipinski definition) is 2. The third-order valence-electron chi connectivity index (χ3n) is 3.06. The molecule has 88 valence electrons. The maximum Gasteiger partial charge on any atom is 0.0480 e. The van der Waals surface area contributed by atoms with Crippen LogP contribution in [0.1, 0.15) is 18.4 Å². The fourth-order valence-corrected chi connectivity index (χ4v) is 1.95. The van der Waals surface area contributed by atoms with Gasteiger partial charge >= 0.3 is 0 Å². The van der Waals surface area contributed by atoms with Crippen molar-refractivity contribution in [3.05, 3.63) is 29.8 Å². The molecule has 1 aromatic rings. The minimum Gasteiger partial charge on any atom is -0.388 e. The van der Waals surface area contributed by atoms with Crippen LogP contribution in [0.4, 0.5) is 5.69 Å². The van der Waals surface area contributed by atoms with Gasteiger partial charge in [-0.15, -0.1) is 0 Å². The Hall–Kier alpha value is -1.06. The molecule has 3 heteroatoms. The Morgan fingerprint density at radius 2 is 1.88 bits per heavy atom. The van der Waals surface area contributed by atoms with Gasteiger partial charge in [0.15, 0.2) is 0 Å². The second-order valence-corrected chi connectivity index (χ2v) is 4.21. The molecule has 0 aromatic heterocycles. The Morgan fingerprint density at radius 1 is 1.19 bits per heavy atom. The van der Waals surface area contributed by atoms with E-state index >= 15 is 0 Å². The minimum atomic E-state index is 0.623. The van der Waals surface area contributed by atoms with Crippen molar-refractivity contribution in [1.82, 2.24) is 5.32 Å². The normalized spacial score (nSPS) is 17.3. The van der Waals surface area contributed by atoms with Crippen LogP contribution >= 0.6 is 0 Å². The molecule has 0 saturated carbocycles. The maximum absolute atomic E-state index is 5.33. The zero-order valence-corrected chi connectivity index (χ0v) is 9.83. The average molecular weight is 220 g/mol. The molecular weight excluding hydrogens is 200 g/mol. The summed E-state index contributed by atoms with van der Waals surface area (Å²) in [4.78, 5) is 0. The fraction of sp³-hybridized carbons (Fsp3) is 0.538. The molecule has 3 nitrogen and oxygen atoms in total.